The predicted octanol–water partition coefficient (Wildman–Crippen LogP) is 5.54. The molecule has 0 atom stereocenters. The van der Waals surface area contributed by atoms with E-state index < -0.39 is 5.82 Å². The number of para-hydroxylation sites is 2. The Morgan fingerprint density at radius 3 is 2.78 bits per heavy atom. The van der Waals surface area contributed by atoms with Gasteiger partial charge in [-0.25, -0.2) is 14.8 Å². The SMILES string of the molecule is Cc1ccc(Cn2c(SCC(=O)NN=Cc3cc(Br)ccc3F)nc3ccccc32)cc1. The maximum atomic E-state index is 13.8. The van der Waals surface area contributed by atoms with Gasteiger partial charge in [-0.15, -0.1) is 0 Å². The molecule has 0 unspecified atom stereocenters. The molecule has 0 aliphatic carbocycles. The molecule has 4 rings (SSSR count). The Balaban J connectivity index is 1.45. The molecule has 0 bridgehead atoms. The topological polar surface area (TPSA) is 59.3 Å². The fourth-order valence-electron chi connectivity index (χ4n) is 3.14. The zero-order chi connectivity index (χ0) is 22.5. The Hall–Kier alpha value is -2.97. The van der Waals surface area contributed by atoms with Crippen molar-refractivity contribution in [1.82, 2.24) is 15.0 Å². The summed E-state index contributed by atoms with van der Waals surface area (Å²) in [7, 11) is 0. The second-order valence-electron chi connectivity index (χ2n) is 7.20. The summed E-state index contributed by atoms with van der Waals surface area (Å²) < 4.78 is 16.6. The zero-order valence-corrected chi connectivity index (χ0v) is 19.7. The van der Waals surface area contributed by atoms with Gasteiger partial charge in [-0.1, -0.05) is 69.7 Å². The molecular formula is C24H20BrFN4OS. The van der Waals surface area contributed by atoms with Gasteiger partial charge in [0.1, 0.15) is 5.82 Å². The number of halogens is 2. The van der Waals surface area contributed by atoms with Crippen molar-refractivity contribution in [2.45, 2.75) is 18.6 Å². The van der Waals surface area contributed by atoms with Crippen LogP contribution in [0.5, 0.6) is 0 Å². The van der Waals surface area contributed by atoms with Crippen LogP contribution in [0.25, 0.3) is 11.0 Å². The number of amides is 1. The minimum absolute atomic E-state index is 0.134. The predicted molar refractivity (Wildman–Crippen MR) is 131 cm³/mol. The summed E-state index contributed by atoms with van der Waals surface area (Å²) >= 11 is 4.63. The first kappa shape index (κ1) is 22.2. The van der Waals surface area contributed by atoms with E-state index in [1.165, 1.54) is 29.6 Å². The molecule has 1 aromatic heterocycles. The number of nitrogens with zero attached hydrogens (tertiary/aromatic N) is 3. The highest BCUT2D eigenvalue weighted by Crippen LogP contribution is 2.25. The molecule has 0 radical (unpaired) electrons. The lowest BCUT2D eigenvalue weighted by atomic mass is 10.1. The van der Waals surface area contributed by atoms with Crippen LogP contribution >= 0.6 is 27.7 Å². The van der Waals surface area contributed by atoms with E-state index in [1.54, 1.807) is 12.1 Å². The third kappa shape index (κ3) is 5.44. The third-order valence-electron chi connectivity index (χ3n) is 4.76. The van der Waals surface area contributed by atoms with Gasteiger partial charge < -0.3 is 4.57 Å². The number of aromatic nitrogens is 2. The molecule has 1 amide bonds. The molecule has 0 saturated heterocycles. The van der Waals surface area contributed by atoms with Crippen LogP contribution in [0.3, 0.4) is 0 Å². The highest BCUT2D eigenvalue weighted by Gasteiger charge is 2.13. The van der Waals surface area contributed by atoms with Gasteiger partial charge in [-0.2, -0.15) is 5.10 Å². The van der Waals surface area contributed by atoms with Crippen LogP contribution in [0, 0.1) is 12.7 Å². The van der Waals surface area contributed by atoms with Crippen molar-refractivity contribution in [3.8, 4) is 0 Å². The van der Waals surface area contributed by atoms with E-state index in [0.29, 0.717) is 6.54 Å². The third-order valence-corrected chi connectivity index (χ3v) is 6.23. The van der Waals surface area contributed by atoms with E-state index in [-0.39, 0.29) is 17.2 Å². The van der Waals surface area contributed by atoms with E-state index in [0.717, 1.165) is 26.2 Å². The van der Waals surface area contributed by atoms with Crippen LogP contribution in [-0.4, -0.2) is 27.4 Å². The van der Waals surface area contributed by atoms with Crippen LogP contribution in [0.1, 0.15) is 16.7 Å². The van der Waals surface area contributed by atoms with Crippen LogP contribution < -0.4 is 5.43 Å². The smallest absolute Gasteiger partial charge is 0.250 e. The first-order valence-corrected chi connectivity index (χ1v) is 11.7. The molecule has 0 aliphatic heterocycles. The zero-order valence-electron chi connectivity index (χ0n) is 17.3. The first-order valence-electron chi connectivity index (χ1n) is 9.90. The lowest BCUT2D eigenvalue weighted by Crippen LogP contribution is -2.20. The molecule has 0 aliphatic rings. The van der Waals surface area contributed by atoms with E-state index in [4.69, 9.17) is 4.98 Å². The first-order chi connectivity index (χ1) is 15.5. The van der Waals surface area contributed by atoms with Gasteiger partial charge in [0.15, 0.2) is 5.16 Å². The standard InChI is InChI=1S/C24H20BrFN4OS/c1-16-6-8-17(9-7-16)14-30-22-5-3-2-4-21(22)28-24(30)32-15-23(31)29-27-13-18-12-19(25)10-11-20(18)26/h2-13H,14-15H2,1H3,(H,29,31). The molecule has 4 aromatic rings. The minimum atomic E-state index is -0.412. The lowest BCUT2D eigenvalue weighted by Gasteiger charge is -2.09. The molecule has 1 N–H and O–H groups in total. The average Bonchev–Trinajstić information content (AvgIpc) is 3.13. The summed E-state index contributed by atoms with van der Waals surface area (Å²) in [5.74, 6) is -0.573. The Morgan fingerprint density at radius 2 is 1.97 bits per heavy atom. The quantitative estimate of drug-likeness (QED) is 0.202. The molecule has 0 spiro atoms. The molecule has 162 valence electrons. The van der Waals surface area contributed by atoms with Crippen LogP contribution in [0.4, 0.5) is 4.39 Å². The van der Waals surface area contributed by atoms with Crippen molar-refractivity contribution in [3.63, 3.8) is 0 Å². The molecule has 1 heterocycles. The Labute approximate surface area is 197 Å². The highest BCUT2D eigenvalue weighted by molar-refractivity contribution is 9.10. The van der Waals surface area contributed by atoms with Crippen molar-refractivity contribution >= 4 is 50.8 Å². The Bertz CT molecular complexity index is 1290. The fourth-order valence-corrected chi connectivity index (χ4v) is 4.33. The van der Waals surface area contributed by atoms with Crippen molar-refractivity contribution in [2.75, 3.05) is 5.75 Å². The van der Waals surface area contributed by atoms with E-state index in [9.17, 15) is 9.18 Å². The number of nitrogens with one attached hydrogen (secondary N) is 1. The summed E-state index contributed by atoms with van der Waals surface area (Å²) in [6.07, 6.45) is 1.29. The van der Waals surface area contributed by atoms with Gasteiger partial charge in [0.05, 0.1) is 29.5 Å². The Kier molecular flexibility index (Phi) is 7.02. The summed E-state index contributed by atoms with van der Waals surface area (Å²) in [4.78, 5) is 17.0. The van der Waals surface area contributed by atoms with E-state index in [1.807, 2.05) is 24.3 Å². The second kappa shape index (κ2) is 10.1. The number of rotatable bonds is 7. The van der Waals surface area contributed by atoms with E-state index in [2.05, 4.69) is 62.2 Å². The second-order valence-corrected chi connectivity index (χ2v) is 9.06. The number of aryl methyl sites for hydroxylation is 1. The average molecular weight is 511 g/mol. The number of carbonyl (C=O) groups excluding carboxylic acids is 1. The summed E-state index contributed by atoms with van der Waals surface area (Å²) in [5.41, 5.74) is 6.99. The number of benzene rings is 3. The summed E-state index contributed by atoms with van der Waals surface area (Å²) in [5, 5.41) is 4.62. The number of carbonyl (C=O) groups is 1. The van der Waals surface area contributed by atoms with Gasteiger partial charge in [-0.05, 0) is 42.8 Å². The largest absolute Gasteiger partial charge is 0.314 e. The molecular weight excluding hydrogens is 491 g/mol. The maximum Gasteiger partial charge on any atom is 0.250 e. The van der Waals surface area contributed by atoms with Gasteiger partial charge >= 0.3 is 0 Å². The van der Waals surface area contributed by atoms with Crippen LogP contribution in [0.2, 0.25) is 0 Å². The van der Waals surface area contributed by atoms with Crippen LogP contribution in [-0.2, 0) is 11.3 Å². The van der Waals surface area contributed by atoms with Gasteiger partial charge in [0, 0.05) is 10.0 Å². The van der Waals surface area contributed by atoms with Crippen molar-refractivity contribution < 1.29 is 9.18 Å². The fraction of sp³-hybridized carbons (Fsp3) is 0.125. The van der Waals surface area contributed by atoms with Crippen LogP contribution in [0.15, 0.2) is 81.5 Å². The molecule has 32 heavy (non-hydrogen) atoms. The van der Waals surface area contributed by atoms with Crippen molar-refractivity contribution in [1.29, 1.82) is 0 Å². The summed E-state index contributed by atoms with van der Waals surface area (Å²) in [6, 6.07) is 20.8. The Morgan fingerprint density at radius 1 is 1.19 bits per heavy atom. The number of hydrogen-bond donors (Lipinski definition) is 1. The highest BCUT2D eigenvalue weighted by atomic mass is 79.9. The van der Waals surface area contributed by atoms with E-state index >= 15 is 0 Å². The lowest BCUT2D eigenvalue weighted by molar-refractivity contribution is -0.118. The number of hydrogen-bond acceptors (Lipinski definition) is 4. The number of imidazole rings is 1. The van der Waals surface area contributed by atoms with Crippen molar-refractivity contribution in [2.24, 2.45) is 5.10 Å². The van der Waals surface area contributed by atoms with Gasteiger partial charge in [0.25, 0.3) is 5.91 Å². The number of hydrazone groups is 1. The molecule has 0 saturated carbocycles. The molecule has 8 heteroatoms. The molecule has 0 fully saturated rings. The van der Waals surface area contributed by atoms with Crippen molar-refractivity contribution in [3.05, 3.63) is 93.7 Å². The van der Waals surface area contributed by atoms with Gasteiger partial charge in [-0.3, -0.25) is 4.79 Å². The minimum Gasteiger partial charge on any atom is -0.314 e. The normalized spacial score (nSPS) is 11.3. The number of fused-ring (bicyclic) bond motifs is 1. The maximum absolute atomic E-state index is 13.8. The van der Waals surface area contributed by atoms with Gasteiger partial charge in [0.2, 0.25) is 0 Å². The monoisotopic (exact) mass is 510 g/mol. The number of thioether (sulfide) groups is 1. The summed E-state index contributed by atoms with van der Waals surface area (Å²) in [6.45, 7) is 2.72. The molecule has 5 nitrogen and oxygen atoms in total. The molecule has 3 aromatic carbocycles.